The minimum Gasteiger partial charge on any atom is -0.462 e. The standard InChI is InChI=1S/C35H61N5O11S/c1-4-7-10-13-16-28(42)36-25(34(48)37-27-19-40(39-38-27)35-33(47)32(46)31(45)26(20-41)51-35)23-52-22-24(50-30(44)18-15-12-9-6-3)21-49-29(43)17-14-11-8-5-2/h19,24-26,31-33,35,41,45-47H,4-18,20-23H2,1-3H3,(H,36,42)(H,37,48)/t24-,25-,26?,31?,32?,33?,35?/m1/s1. The maximum Gasteiger partial charge on any atom is 0.306 e. The number of aliphatic hydroxyl groups excluding tert-OH is 4. The van der Waals surface area contributed by atoms with Gasteiger partial charge < -0.3 is 45.3 Å². The third-order valence-electron chi connectivity index (χ3n) is 8.58. The van der Waals surface area contributed by atoms with E-state index in [-0.39, 0.29) is 55.1 Å². The van der Waals surface area contributed by atoms with Gasteiger partial charge in [-0.05, 0) is 19.3 Å². The Balaban J connectivity index is 2.10. The Labute approximate surface area is 311 Å². The van der Waals surface area contributed by atoms with Crippen molar-refractivity contribution in [2.75, 3.05) is 30.0 Å². The van der Waals surface area contributed by atoms with Gasteiger partial charge in [-0.1, -0.05) is 83.8 Å². The van der Waals surface area contributed by atoms with Crippen molar-refractivity contribution >= 4 is 41.3 Å². The van der Waals surface area contributed by atoms with Gasteiger partial charge >= 0.3 is 11.9 Å². The molecule has 17 heteroatoms. The lowest BCUT2D eigenvalue weighted by Crippen LogP contribution is -2.56. The predicted molar refractivity (Wildman–Crippen MR) is 194 cm³/mol. The number of hydrogen-bond acceptors (Lipinski definition) is 14. The Morgan fingerprint density at radius 1 is 0.846 bits per heavy atom. The first-order valence-corrected chi connectivity index (χ1v) is 19.9. The van der Waals surface area contributed by atoms with Crippen LogP contribution in [-0.2, 0) is 33.4 Å². The number of thioether (sulfide) groups is 1. The Hall–Kier alpha value is -2.83. The summed E-state index contributed by atoms with van der Waals surface area (Å²) in [4.78, 5) is 51.4. The molecule has 298 valence electrons. The summed E-state index contributed by atoms with van der Waals surface area (Å²) in [5.41, 5.74) is 0. The summed E-state index contributed by atoms with van der Waals surface area (Å²) in [6.07, 6.45) is 4.84. The SMILES string of the molecule is CCCCCCC(=O)N[C@H](CSC[C@@H](COC(=O)CCCCCC)OC(=O)CCCCCC)C(=O)Nc1cn(C2OC(CO)C(O)C(O)C2O)nn1. The molecular formula is C35H61N5O11S. The topological polar surface area (TPSA) is 232 Å². The highest BCUT2D eigenvalue weighted by Crippen LogP contribution is 2.28. The number of ether oxygens (including phenoxy) is 3. The number of nitrogens with zero attached hydrogens (tertiary/aromatic N) is 3. The Kier molecular flexibility index (Phi) is 22.7. The normalized spacial score (nSPS) is 21.2. The third kappa shape index (κ3) is 16.9. The van der Waals surface area contributed by atoms with Gasteiger partial charge in [0, 0.05) is 30.8 Å². The summed E-state index contributed by atoms with van der Waals surface area (Å²) < 4.78 is 17.7. The first-order valence-electron chi connectivity index (χ1n) is 18.8. The molecule has 16 nitrogen and oxygen atoms in total. The highest BCUT2D eigenvalue weighted by atomic mass is 32.2. The molecule has 0 radical (unpaired) electrons. The van der Waals surface area contributed by atoms with Crippen molar-refractivity contribution in [3.63, 3.8) is 0 Å². The maximum absolute atomic E-state index is 13.5. The van der Waals surface area contributed by atoms with Gasteiger partial charge in [0.25, 0.3) is 0 Å². The van der Waals surface area contributed by atoms with Crippen LogP contribution in [0.25, 0.3) is 0 Å². The average Bonchev–Trinajstić information content (AvgIpc) is 3.59. The minimum absolute atomic E-state index is 0.0464. The summed E-state index contributed by atoms with van der Waals surface area (Å²) in [5.74, 6) is -1.44. The molecule has 1 saturated heterocycles. The molecule has 6 N–H and O–H groups in total. The van der Waals surface area contributed by atoms with E-state index in [0.29, 0.717) is 19.3 Å². The van der Waals surface area contributed by atoms with Crippen LogP contribution in [-0.4, -0.2) is 120 Å². The zero-order valence-electron chi connectivity index (χ0n) is 31.0. The van der Waals surface area contributed by atoms with Crippen LogP contribution in [0.5, 0.6) is 0 Å². The van der Waals surface area contributed by atoms with Gasteiger partial charge in [-0.25, -0.2) is 4.68 Å². The monoisotopic (exact) mass is 759 g/mol. The minimum atomic E-state index is -1.63. The molecule has 0 spiro atoms. The maximum atomic E-state index is 13.5. The van der Waals surface area contributed by atoms with Crippen molar-refractivity contribution < 1.29 is 53.8 Å². The lowest BCUT2D eigenvalue weighted by atomic mass is 9.98. The van der Waals surface area contributed by atoms with Gasteiger partial charge in [-0.3, -0.25) is 19.2 Å². The van der Waals surface area contributed by atoms with Crippen molar-refractivity contribution in [2.45, 2.75) is 160 Å². The second kappa shape index (κ2) is 26.0. The Bertz CT molecular complexity index is 1190. The average molecular weight is 760 g/mol. The van der Waals surface area contributed by atoms with Crippen molar-refractivity contribution in [1.82, 2.24) is 20.3 Å². The Morgan fingerprint density at radius 3 is 2.08 bits per heavy atom. The number of carbonyl (C=O) groups excluding carboxylic acids is 4. The molecule has 2 heterocycles. The molecule has 0 aromatic carbocycles. The fourth-order valence-electron chi connectivity index (χ4n) is 5.46. The van der Waals surface area contributed by atoms with Gasteiger partial charge in [-0.2, -0.15) is 11.8 Å². The highest BCUT2D eigenvalue weighted by molar-refractivity contribution is 7.99. The van der Waals surface area contributed by atoms with Crippen LogP contribution in [0, 0.1) is 0 Å². The second-order valence-electron chi connectivity index (χ2n) is 13.2. The van der Waals surface area contributed by atoms with E-state index in [9.17, 15) is 39.6 Å². The number of unbranched alkanes of at least 4 members (excludes halogenated alkanes) is 9. The van der Waals surface area contributed by atoms with Crippen LogP contribution in [0.1, 0.15) is 123 Å². The quantitative estimate of drug-likeness (QED) is 0.0560. The summed E-state index contributed by atoms with van der Waals surface area (Å²) in [6, 6.07) is -1.03. The zero-order chi connectivity index (χ0) is 38.3. The zero-order valence-corrected chi connectivity index (χ0v) is 31.8. The number of carbonyl (C=O) groups is 4. The van der Waals surface area contributed by atoms with E-state index in [1.165, 1.54) is 18.0 Å². The molecule has 52 heavy (non-hydrogen) atoms. The fourth-order valence-corrected chi connectivity index (χ4v) is 6.50. The number of aliphatic hydroxyl groups is 4. The van der Waals surface area contributed by atoms with Gasteiger partial charge in [0.15, 0.2) is 12.0 Å². The highest BCUT2D eigenvalue weighted by Gasteiger charge is 2.44. The van der Waals surface area contributed by atoms with E-state index in [0.717, 1.165) is 62.5 Å². The van der Waals surface area contributed by atoms with E-state index in [1.54, 1.807) is 0 Å². The number of hydrogen-bond donors (Lipinski definition) is 6. The smallest absolute Gasteiger partial charge is 0.306 e. The summed E-state index contributed by atoms with van der Waals surface area (Å²) in [6.45, 7) is 5.48. The molecule has 5 unspecified atom stereocenters. The van der Waals surface area contributed by atoms with Crippen molar-refractivity contribution in [3.8, 4) is 0 Å². The van der Waals surface area contributed by atoms with Crippen LogP contribution in [0.15, 0.2) is 6.20 Å². The van der Waals surface area contributed by atoms with Crippen molar-refractivity contribution in [1.29, 1.82) is 0 Å². The summed E-state index contributed by atoms with van der Waals surface area (Å²) in [7, 11) is 0. The predicted octanol–water partition coefficient (Wildman–Crippen LogP) is 2.77. The number of nitrogens with one attached hydrogen (secondary N) is 2. The van der Waals surface area contributed by atoms with Crippen LogP contribution in [0.2, 0.25) is 0 Å². The lowest BCUT2D eigenvalue weighted by Gasteiger charge is -2.39. The number of aromatic nitrogens is 3. The van der Waals surface area contributed by atoms with Crippen LogP contribution < -0.4 is 10.6 Å². The summed E-state index contributed by atoms with van der Waals surface area (Å²) in [5, 5.41) is 53.3. The summed E-state index contributed by atoms with van der Waals surface area (Å²) >= 11 is 1.25. The van der Waals surface area contributed by atoms with E-state index < -0.39 is 61.3 Å². The van der Waals surface area contributed by atoms with E-state index >= 15 is 0 Å². The van der Waals surface area contributed by atoms with Crippen molar-refractivity contribution in [3.05, 3.63) is 6.20 Å². The van der Waals surface area contributed by atoms with Gasteiger partial charge in [0.05, 0.1) is 12.8 Å². The molecule has 1 aromatic rings. The molecule has 1 aliphatic heterocycles. The number of rotatable bonds is 27. The number of esters is 2. The Morgan fingerprint density at radius 2 is 1.46 bits per heavy atom. The van der Waals surface area contributed by atoms with Crippen LogP contribution >= 0.6 is 11.8 Å². The number of anilines is 1. The van der Waals surface area contributed by atoms with Crippen molar-refractivity contribution in [2.24, 2.45) is 0 Å². The van der Waals surface area contributed by atoms with Crippen LogP contribution in [0.4, 0.5) is 5.82 Å². The largest absolute Gasteiger partial charge is 0.462 e. The molecule has 1 aliphatic rings. The fraction of sp³-hybridized carbons (Fsp3) is 0.829. The van der Waals surface area contributed by atoms with E-state index in [4.69, 9.17) is 14.2 Å². The molecule has 7 atom stereocenters. The molecule has 1 fully saturated rings. The molecule has 2 amide bonds. The molecule has 0 bridgehead atoms. The first-order chi connectivity index (χ1) is 25.0. The first kappa shape index (κ1) is 45.3. The van der Waals surface area contributed by atoms with E-state index in [2.05, 4.69) is 41.7 Å². The molecule has 1 aromatic heterocycles. The molecule has 0 saturated carbocycles. The second-order valence-corrected chi connectivity index (χ2v) is 14.3. The number of amides is 2. The molecule has 2 rings (SSSR count). The molecule has 0 aliphatic carbocycles. The molecular weight excluding hydrogens is 698 g/mol. The third-order valence-corrected chi connectivity index (χ3v) is 9.76. The lowest BCUT2D eigenvalue weighted by molar-refractivity contribution is -0.254. The van der Waals surface area contributed by atoms with Crippen LogP contribution in [0.3, 0.4) is 0 Å². The van der Waals surface area contributed by atoms with Gasteiger partial charge in [0.1, 0.15) is 43.2 Å². The van der Waals surface area contributed by atoms with E-state index in [1.807, 2.05) is 0 Å². The van der Waals surface area contributed by atoms with Gasteiger partial charge in [-0.15, -0.1) is 5.10 Å². The van der Waals surface area contributed by atoms with Gasteiger partial charge in [0.2, 0.25) is 11.8 Å².